The number of benzene rings is 2. The Bertz CT molecular complexity index is 1070. The number of ketones is 1. The summed E-state index contributed by atoms with van der Waals surface area (Å²) in [5, 5.41) is 2.64. The summed E-state index contributed by atoms with van der Waals surface area (Å²) in [5.41, 5.74) is 0.0458. The highest BCUT2D eigenvalue weighted by Gasteiger charge is 2.33. The van der Waals surface area contributed by atoms with E-state index in [0.717, 1.165) is 11.1 Å². The van der Waals surface area contributed by atoms with Gasteiger partial charge in [0, 0.05) is 6.42 Å². The maximum absolute atomic E-state index is 13.5. The average Bonchev–Trinajstić information content (AvgIpc) is 2.81. The quantitative estimate of drug-likeness (QED) is 0.318. The van der Waals surface area contributed by atoms with Gasteiger partial charge in [0.15, 0.2) is 5.78 Å². The maximum Gasteiger partial charge on any atom is 0.408 e. The summed E-state index contributed by atoms with van der Waals surface area (Å²) in [6, 6.07) is 17.4. The monoisotopic (exact) mass is 525 g/mol. The molecule has 0 aromatic heterocycles. The van der Waals surface area contributed by atoms with Crippen molar-refractivity contribution in [1.29, 1.82) is 0 Å². The van der Waals surface area contributed by atoms with Gasteiger partial charge < -0.3 is 19.5 Å². The SMILES string of the molecule is CC(C)(C)OC(=O)N[C@@H](Cc1ccccc1)C(=O)C[C@H](CC(=O)OCc1ccccc1)C(=O)OC(C)(C)C. The topological polar surface area (TPSA) is 108 Å². The Labute approximate surface area is 225 Å². The normalized spacial score (nSPS) is 13.1. The van der Waals surface area contributed by atoms with Crippen molar-refractivity contribution in [3.8, 4) is 0 Å². The lowest BCUT2D eigenvalue weighted by molar-refractivity contribution is -0.165. The third kappa shape index (κ3) is 12.0. The Morgan fingerprint density at radius 2 is 1.26 bits per heavy atom. The number of carbonyl (C=O) groups excluding carboxylic acids is 4. The smallest absolute Gasteiger partial charge is 0.408 e. The molecule has 1 amide bonds. The molecule has 0 aliphatic carbocycles. The van der Waals surface area contributed by atoms with E-state index >= 15 is 0 Å². The second kappa shape index (κ2) is 13.7. The van der Waals surface area contributed by atoms with Crippen molar-refractivity contribution in [2.45, 2.75) is 84.7 Å². The van der Waals surface area contributed by atoms with Gasteiger partial charge in [0.05, 0.1) is 18.4 Å². The summed E-state index contributed by atoms with van der Waals surface area (Å²) in [4.78, 5) is 51.6. The van der Waals surface area contributed by atoms with Gasteiger partial charge >= 0.3 is 18.0 Å². The molecule has 8 heteroatoms. The third-order valence-electron chi connectivity index (χ3n) is 5.21. The molecule has 0 saturated carbocycles. The predicted molar refractivity (Wildman–Crippen MR) is 143 cm³/mol. The van der Waals surface area contributed by atoms with E-state index in [1.54, 1.807) is 41.5 Å². The Morgan fingerprint density at radius 3 is 1.79 bits per heavy atom. The highest BCUT2D eigenvalue weighted by atomic mass is 16.6. The van der Waals surface area contributed by atoms with E-state index in [1.165, 1.54) is 0 Å². The lowest BCUT2D eigenvalue weighted by Gasteiger charge is -2.26. The minimum Gasteiger partial charge on any atom is -0.461 e. The van der Waals surface area contributed by atoms with Gasteiger partial charge in [-0.2, -0.15) is 0 Å². The standard InChI is InChI=1S/C30H39NO7/c1-29(2,3)37-27(34)23(19-26(33)36-20-22-15-11-8-12-16-22)18-25(32)24(17-21-13-9-7-10-14-21)31-28(35)38-30(4,5)6/h7-16,23-24H,17-20H2,1-6H3,(H,31,35)/t23-,24+/m1/s1. The van der Waals surface area contributed by atoms with Gasteiger partial charge in [-0.15, -0.1) is 0 Å². The van der Waals surface area contributed by atoms with Crippen LogP contribution in [0.5, 0.6) is 0 Å². The lowest BCUT2D eigenvalue weighted by Crippen LogP contribution is -2.46. The molecule has 0 fully saturated rings. The first-order valence-corrected chi connectivity index (χ1v) is 12.7. The minimum atomic E-state index is -1.08. The van der Waals surface area contributed by atoms with Crippen molar-refractivity contribution in [2.75, 3.05) is 0 Å². The minimum absolute atomic E-state index is 0.0471. The Kier molecular flexibility index (Phi) is 11.0. The summed E-state index contributed by atoms with van der Waals surface area (Å²) < 4.78 is 16.2. The number of carbonyl (C=O) groups is 4. The molecule has 0 unspecified atom stereocenters. The molecule has 8 nitrogen and oxygen atoms in total. The molecule has 0 spiro atoms. The van der Waals surface area contributed by atoms with Crippen molar-refractivity contribution in [3.05, 3.63) is 71.8 Å². The number of rotatable bonds is 11. The number of hydrogen-bond donors (Lipinski definition) is 1. The van der Waals surface area contributed by atoms with Crippen LogP contribution < -0.4 is 5.32 Å². The molecular formula is C30H39NO7. The van der Waals surface area contributed by atoms with Crippen molar-refractivity contribution in [3.63, 3.8) is 0 Å². The average molecular weight is 526 g/mol. The zero-order valence-electron chi connectivity index (χ0n) is 23.1. The van der Waals surface area contributed by atoms with Crippen molar-refractivity contribution < 1.29 is 33.4 Å². The molecule has 206 valence electrons. The Morgan fingerprint density at radius 1 is 0.737 bits per heavy atom. The van der Waals surface area contributed by atoms with Crippen LogP contribution in [-0.2, 0) is 41.6 Å². The van der Waals surface area contributed by atoms with Gasteiger partial charge in [0.1, 0.15) is 17.8 Å². The number of Topliss-reactive ketones (excluding diaryl/α,β-unsaturated/α-hetero) is 1. The van der Waals surface area contributed by atoms with E-state index in [9.17, 15) is 19.2 Å². The van der Waals surface area contributed by atoms with Gasteiger partial charge in [-0.3, -0.25) is 14.4 Å². The fourth-order valence-corrected chi connectivity index (χ4v) is 3.55. The molecule has 38 heavy (non-hydrogen) atoms. The highest BCUT2D eigenvalue weighted by molar-refractivity contribution is 5.92. The zero-order valence-corrected chi connectivity index (χ0v) is 23.1. The molecular weight excluding hydrogens is 486 g/mol. The summed E-state index contributed by atoms with van der Waals surface area (Å²) in [6.45, 7) is 10.3. The van der Waals surface area contributed by atoms with Crippen LogP contribution in [0.3, 0.4) is 0 Å². The van der Waals surface area contributed by atoms with Crippen LogP contribution in [0.15, 0.2) is 60.7 Å². The van der Waals surface area contributed by atoms with E-state index < -0.39 is 47.0 Å². The van der Waals surface area contributed by atoms with Gasteiger partial charge in [-0.05, 0) is 59.1 Å². The first-order valence-electron chi connectivity index (χ1n) is 12.7. The third-order valence-corrected chi connectivity index (χ3v) is 5.21. The van der Waals surface area contributed by atoms with Crippen LogP contribution in [0.2, 0.25) is 0 Å². The molecule has 0 aliphatic heterocycles. The van der Waals surface area contributed by atoms with Crippen molar-refractivity contribution in [1.82, 2.24) is 5.32 Å². The fourth-order valence-electron chi connectivity index (χ4n) is 3.55. The highest BCUT2D eigenvalue weighted by Crippen LogP contribution is 2.20. The molecule has 0 radical (unpaired) electrons. The molecule has 1 N–H and O–H groups in total. The van der Waals surface area contributed by atoms with Crippen LogP contribution in [0.4, 0.5) is 4.79 Å². The molecule has 2 aromatic rings. The summed E-state index contributed by atoms with van der Waals surface area (Å²) >= 11 is 0. The van der Waals surface area contributed by atoms with Crippen LogP contribution >= 0.6 is 0 Å². The maximum atomic E-state index is 13.5. The van der Waals surface area contributed by atoms with Gasteiger partial charge in [-0.1, -0.05) is 60.7 Å². The van der Waals surface area contributed by atoms with E-state index in [-0.39, 0.29) is 25.9 Å². The molecule has 2 atom stereocenters. The zero-order chi connectivity index (χ0) is 28.3. The van der Waals surface area contributed by atoms with Crippen LogP contribution in [0.25, 0.3) is 0 Å². The first-order chi connectivity index (χ1) is 17.7. The largest absolute Gasteiger partial charge is 0.461 e. The van der Waals surface area contributed by atoms with Gasteiger partial charge in [-0.25, -0.2) is 4.79 Å². The summed E-state index contributed by atoms with van der Waals surface area (Å²) in [7, 11) is 0. The number of esters is 2. The number of nitrogens with one attached hydrogen (secondary N) is 1. The number of hydrogen-bond acceptors (Lipinski definition) is 7. The summed E-state index contributed by atoms with van der Waals surface area (Å²) in [6.07, 6.45) is -1.21. The Hall–Kier alpha value is -3.68. The fraction of sp³-hybridized carbons (Fsp3) is 0.467. The van der Waals surface area contributed by atoms with Crippen LogP contribution in [0.1, 0.15) is 65.5 Å². The van der Waals surface area contributed by atoms with Crippen LogP contribution in [-0.4, -0.2) is 41.1 Å². The number of ether oxygens (including phenoxy) is 3. The molecule has 0 aliphatic rings. The van der Waals surface area contributed by atoms with Crippen molar-refractivity contribution >= 4 is 23.8 Å². The Balaban J connectivity index is 2.19. The lowest BCUT2D eigenvalue weighted by atomic mass is 9.92. The van der Waals surface area contributed by atoms with E-state index in [1.807, 2.05) is 60.7 Å². The van der Waals surface area contributed by atoms with Crippen molar-refractivity contribution in [2.24, 2.45) is 5.92 Å². The molecule has 0 saturated heterocycles. The molecule has 0 heterocycles. The van der Waals surface area contributed by atoms with E-state index in [0.29, 0.717) is 0 Å². The summed E-state index contributed by atoms with van der Waals surface area (Å²) in [5.74, 6) is -2.81. The predicted octanol–water partition coefficient (Wildman–Crippen LogP) is 5.17. The van der Waals surface area contributed by atoms with Gasteiger partial charge in [0.25, 0.3) is 0 Å². The van der Waals surface area contributed by atoms with Crippen LogP contribution in [0, 0.1) is 5.92 Å². The molecule has 0 bridgehead atoms. The molecule has 2 rings (SSSR count). The second-order valence-corrected chi connectivity index (χ2v) is 11.1. The first kappa shape index (κ1) is 30.5. The second-order valence-electron chi connectivity index (χ2n) is 11.1. The van der Waals surface area contributed by atoms with E-state index in [4.69, 9.17) is 14.2 Å². The number of amides is 1. The van der Waals surface area contributed by atoms with Gasteiger partial charge in [0.2, 0.25) is 0 Å². The molecule has 2 aromatic carbocycles. The van der Waals surface area contributed by atoms with E-state index in [2.05, 4.69) is 5.32 Å². The number of alkyl carbamates (subject to hydrolysis) is 1.